The number of piperidine rings is 1. The van der Waals surface area contributed by atoms with Crippen LogP contribution in [0.1, 0.15) is 19.3 Å². The van der Waals surface area contributed by atoms with Gasteiger partial charge in [-0.05, 0) is 31.4 Å². The van der Waals surface area contributed by atoms with Gasteiger partial charge in [0, 0.05) is 13.1 Å². The maximum absolute atomic E-state index is 12.0. The molecule has 1 aromatic rings. The fourth-order valence-corrected chi connectivity index (χ4v) is 2.43. The summed E-state index contributed by atoms with van der Waals surface area (Å²) in [6.45, 7) is 1.99. The van der Waals surface area contributed by atoms with Gasteiger partial charge >= 0.3 is 0 Å². The topological polar surface area (TPSA) is 32.3 Å². The molecule has 1 aromatic carbocycles. The second-order valence-corrected chi connectivity index (χ2v) is 5.18. The summed E-state index contributed by atoms with van der Waals surface area (Å²) in [5, 5.41) is 4.00. The van der Waals surface area contributed by atoms with E-state index in [9.17, 15) is 4.79 Å². The van der Waals surface area contributed by atoms with Crippen LogP contribution in [0.4, 0.5) is 5.69 Å². The van der Waals surface area contributed by atoms with Crippen LogP contribution in [-0.2, 0) is 4.79 Å². The van der Waals surface area contributed by atoms with Crippen LogP contribution in [0.3, 0.4) is 0 Å². The number of nitrogens with one attached hydrogen (secondary N) is 1. The number of benzene rings is 1. The molecule has 1 amide bonds. The van der Waals surface area contributed by atoms with Crippen LogP contribution >= 0.6 is 23.2 Å². The zero-order valence-corrected chi connectivity index (χ0v) is 11.6. The average molecular weight is 287 g/mol. The molecular weight excluding hydrogens is 271 g/mol. The monoisotopic (exact) mass is 286 g/mol. The molecule has 0 unspecified atom stereocenters. The molecule has 0 saturated carbocycles. The highest BCUT2D eigenvalue weighted by atomic mass is 35.5. The van der Waals surface area contributed by atoms with Gasteiger partial charge in [0.2, 0.25) is 5.91 Å². The highest BCUT2D eigenvalue weighted by Crippen LogP contribution is 2.29. The molecule has 1 fully saturated rings. The lowest BCUT2D eigenvalue weighted by Crippen LogP contribution is -2.39. The summed E-state index contributed by atoms with van der Waals surface area (Å²) in [6.07, 6.45) is 3.42. The minimum Gasteiger partial charge on any atom is -0.375 e. The molecule has 1 N–H and O–H groups in total. The predicted molar refractivity (Wildman–Crippen MR) is 75.4 cm³/mol. The van der Waals surface area contributed by atoms with Crippen molar-refractivity contribution in [3.8, 4) is 0 Å². The number of amides is 1. The first-order chi connectivity index (χ1) is 8.68. The molecule has 0 bridgehead atoms. The Labute approximate surface area is 117 Å². The van der Waals surface area contributed by atoms with Crippen molar-refractivity contribution in [3.63, 3.8) is 0 Å². The lowest BCUT2D eigenvalue weighted by atomic mass is 10.1. The van der Waals surface area contributed by atoms with E-state index in [1.165, 1.54) is 6.42 Å². The maximum atomic E-state index is 12.0. The first kappa shape index (κ1) is 13.5. The van der Waals surface area contributed by atoms with E-state index in [1.807, 2.05) is 17.0 Å². The molecule has 1 saturated heterocycles. The van der Waals surface area contributed by atoms with Gasteiger partial charge in [0.05, 0.1) is 22.3 Å². The Morgan fingerprint density at radius 1 is 1.22 bits per heavy atom. The zero-order chi connectivity index (χ0) is 13.0. The minimum absolute atomic E-state index is 0.116. The van der Waals surface area contributed by atoms with E-state index in [-0.39, 0.29) is 12.5 Å². The molecule has 1 heterocycles. The van der Waals surface area contributed by atoms with E-state index in [0.717, 1.165) is 25.9 Å². The van der Waals surface area contributed by atoms with Crippen LogP contribution in [-0.4, -0.2) is 30.4 Å². The fourth-order valence-electron chi connectivity index (χ4n) is 2.07. The van der Waals surface area contributed by atoms with Gasteiger partial charge in [0.15, 0.2) is 0 Å². The molecule has 0 radical (unpaired) electrons. The Morgan fingerprint density at radius 2 is 1.94 bits per heavy atom. The molecule has 18 heavy (non-hydrogen) atoms. The number of nitrogens with zero attached hydrogens (tertiary/aromatic N) is 1. The third-order valence-electron chi connectivity index (χ3n) is 3.09. The molecule has 5 heteroatoms. The van der Waals surface area contributed by atoms with E-state index in [2.05, 4.69) is 5.32 Å². The van der Waals surface area contributed by atoms with E-state index in [0.29, 0.717) is 15.7 Å². The second kappa shape index (κ2) is 6.30. The molecule has 0 atom stereocenters. The first-order valence-electron chi connectivity index (χ1n) is 6.14. The first-order valence-corrected chi connectivity index (χ1v) is 6.90. The van der Waals surface area contributed by atoms with Crippen molar-refractivity contribution < 1.29 is 4.79 Å². The quantitative estimate of drug-likeness (QED) is 0.924. The van der Waals surface area contributed by atoms with Crippen molar-refractivity contribution in [1.29, 1.82) is 0 Å². The number of rotatable bonds is 3. The van der Waals surface area contributed by atoms with E-state index in [4.69, 9.17) is 23.2 Å². The lowest BCUT2D eigenvalue weighted by molar-refractivity contribution is -0.130. The molecule has 0 aromatic heterocycles. The number of hydrogen-bond acceptors (Lipinski definition) is 2. The van der Waals surface area contributed by atoms with Crippen LogP contribution in [0.15, 0.2) is 18.2 Å². The van der Waals surface area contributed by atoms with Crippen LogP contribution in [0.2, 0.25) is 10.0 Å². The van der Waals surface area contributed by atoms with Crippen molar-refractivity contribution in [2.24, 2.45) is 0 Å². The van der Waals surface area contributed by atoms with Gasteiger partial charge in [-0.3, -0.25) is 4.79 Å². The van der Waals surface area contributed by atoms with E-state index in [1.54, 1.807) is 6.07 Å². The lowest BCUT2D eigenvalue weighted by Gasteiger charge is -2.27. The minimum atomic E-state index is 0.116. The number of carbonyl (C=O) groups excluding carboxylic acids is 1. The summed E-state index contributed by atoms with van der Waals surface area (Å²) in [6, 6.07) is 5.35. The van der Waals surface area contributed by atoms with Gasteiger partial charge in [-0.2, -0.15) is 0 Å². The number of hydrogen-bond donors (Lipinski definition) is 1. The molecule has 1 aliphatic rings. The van der Waals surface area contributed by atoms with E-state index >= 15 is 0 Å². The number of likely N-dealkylation sites (tertiary alicyclic amines) is 1. The van der Waals surface area contributed by atoms with Crippen molar-refractivity contribution in [1.82, 2.24) is 4.90 Å². The van der Waals surface area contributed by atoms with Crippen LogP contribution in [0, 0.1) is 0 Å². The normalized spacial score (nSPS) is 15.6. The van der Waals surface area contributed by atoms with Gasteiger partial charge in [-0.25, -0.2) is 0 Å². The molecule has 98 valence electrons. The van der Waals surface area contributed by atoms with Crippen molar-refractivity contribution in [2.45, 2.75) is 19.3 Å². The Morgan fingerprint density at radius 3 is 2.67 bits per heavy atom. The molecule has 0 aliphatic carbocycles. The summed E-state index contributed by atoms with van der Waals surface area (Å²) in [4.78, 5) is 13.9. The highest BCUT2D eigenvalue weighted by Gasteiger charge is 2.16. The summed E-state index contributed by atoms with van der Waals surface area (Å²) in [7, 11) is 0. The Balaban J connectivity index is 1.90. The molecular formula is C13H16Cl2N2O. The molecule has 2 rings (SSSR count). The zero-order valence-electron chi connectivity index (χ0n) is 10.1. The number of carbonyl (C=O) groups is 1. The Kier molecular flexibility index (Phi) is 4.72. The average Bonchev–Trinajstić information content (AvgIpc) is 2.41. The maximum Gasteiger partial charge on any atom is 0.241 e. The van der Waals surface area contributed by atoms with Gasteiger partial charge in [0.1, 0.15) is 0 Å². The summed E-state index contributed by atoms with van der Waals surface area (Å²) >= 11 is 12.0. The van der Waals surface area contributed by atoms with E-state index < -0.39 is 0 Å². The fraction of sp³-hybridized carbons (Fsp3) is 0.462. The number of halogens is 2. The molecule has 3 nitrogen and oxygen atoms in total. The number of anilines is 1. The van der Waals surface area contributed by atoms with Gasteiger partial charge in [-0.15, -0.1) is 0 Å². The SMILES string of the molecule is O=C(CNc1cccc(Cl)c1Cl)N1CCCCC1. The summed E-state index contributed by atoms with van der Waals surface area (Å²) in [5.74, 6) is 0.116. The summed E-state index contributed by atoms with van der Waals surface area (Å²) in [5.41, 5.74) is 0.703. The van der Waals surface area contributed by atoms with Crippen molar-refractivity contribution in [2.75, 3.05) is 25.0 Å². The smallest absolute Gasteiger partial charge is 0.241 e. The highest BCUT2D eigenvalue weighted by molar-refractivity contribution is 6.43. The second-order valence-electron chi connectivity index (χ2n) is 4.40. The molecule has 0 spiro atoms. The van der Waals surface area contributed by atoms with Crippen LogP contribution in [0.5, 0.6) is 0 Å². The predicted octanol–water partition coefficient (Wildman–Crippen LogP) is 3.42. The molecule has 1 aliphatic heterocycles. The van der Waals surface area contributed by atoms with Gasteiger partial charge in [-0.1, -0.05) is 29.3 Å². The van der Waals surface area contributed by atoms with Crippen molar-refractivity contribution in [3.05, 3.63) is 28.2 Å². The van der Waals surface area contributed by atoms with Gasteiger partial charge in [0.25, 0.3) is 0 Å². The summed E-state index contributed by atoms with van der Waals surface area (Å²) < 4.78 is 0. The Hall–Kier alpha value is -0.930. The van der Waals surface area contributed by atoms with Crippen LogP contribution in [0.25, 0.3) is 0 Å². The van der Waals surface area contributed by atoms with Gasteiger partial charge < -0.3 is 10.2 Å². The van der Waals surface area contributed by atoms with Crippen molar-refractivity contribution >= 4 is 34.8 Å². The largest absolute Gasteiger partial charge is 0.375 e. The van der Waals surface area contributed by atoms with Crippen LogP contribution < -0.4 is 5.32 Å². The Bertz CT molecular complexity index is 431. The third-order valence-corrected chi connectivity index (χ3v) is 3.91. The third kappa shape index (κ3) is 3.30. The standard InChI is InChI=1S/C13H16Cl2N2O/c14-10-5-4-6-11(13(10)15)16-9-12(18)17-7-2-1-3-8-17/h4-6,16H,1-3,7-9H2.